The molecule has 0 nitrogen and oxygen atoms in total. The van der Waals surface area contributed by atoms with E-state index >= 15 is 0 Å². The van der Waals surface area contributed by atoms with Crippen LogP contribution in [0.5, 0.6) is 0 Å². The normalized spacial score (nSPS) is 28.9. The summed E-state index contributed by atoms with van der Waals surface area (Å²) in [5, 5.41) is 2.17. The van der Waals surface area contributed by atoms with Gasteiger partial charge in [0.2, 0.25) is 0 Å². The van der Waals surface area contributed by atoms with Gasteiger partial charge >= 0.3 is 0 Å². The van der Waals surface area contributed by atoms with Crippen molar-refractivity contribution in [3.8, 4) is 0 Å². The molecule has 1 aromatic heterocycles. The molecule has 2 rings (SSSR count). The summed E-state index contributed by atoms with van der Waals surface area (Å²) in [5.74, 6) is 1.19. The molecule has 2 atom stereocenters. The average Bonchev–Trinajstić information content (AvgIpc) is 2.84. The van der Waals surface area contributed by atoms with Crippen LogP contribution in [-0.4, -0.2) is 0 Å². The summed E-state index contributed by atoms with van der Waals surface area (Å²) in [4.78, 5) is 1.48. The molecule has 1 aliphatic rings. The molecular weight excluding hydrogens is 200 g/mol. The number of hydrogen-bond acceptors (Lipinski definition) is 1. The fourth-order valence-electron chi connectivity index (χ4n) is 2.91. The van der Waals surface area contributed by atoms with Gasteiger partial charge in [0.1, 0.15) is 0 Å². The van der Waals surface area contributed by atoms with Crippen molar-refractivity contribution in [2.45, 2.75) is 25.2 Å². The minimum Gasteiger partial charge on any atom is -0.148 e. The second kappa shape index (κ2) is 3.97. The summed E-state index contributed by atoms with van der Waals surface area (Å²) in [6, 6.07) is 4.40. The van der Waals surface area contributed by atoms with Crippen LogP contribution in [0, 0.1) is 11.8 Å². The molecule has 80 valence electrons. The van der Waals surface area contributed by atoms with Crippen LogP contribution in [-0.2, 0) is 5.41 Å². The van der Waals surface area contributed by atoms with Gasteiger partial charge in [-0.3, -0.25) is 0 Å². The predicted molar refractivity (Wildman–Crippen MR) is 68.3 cm³/mol. The van der Waals surface area contributed by atoms with Crippen molar-refractivity contribution in [3.63, 3.8) is 0 Å². The fraction of sp³-hybridized carbons (Fsp3) is 0.429. The van der Waals surface area contributed by atoms with Gasteiger partial charge in [0.05, 0.1) is 0 Å². The topological polar surface area (TPSA) is 0 Å². The Kier molecular flexibility index (Phi) is 2.83. The van der Waals surface area contributed by atoms with Crippen molar-refractivity contribution in [1.82, 2.24) is 0 Å². The van der Waals surface area contributed by atoms with E-state index in [1.54, 1.807) is 0 Å². The molecule has 1 saturated carbocycles. The molecule has 1 fully saturated rings. The van der Waals surface area contributed by atoms with E-state index in [1.807, 2.05) is 11.3 Å². The molecule has 1 aliphatic carbocycles. The van der Waals surface area contributed by atoms with Crippen LogP contribution in [0.15, 0.2) is 42.8 Å². The molecule has 0 unspecified atom stereocenters. The molecule has 0 aromatic carbocycles. The van der Waals surface area contributed by atoms with Crippen molar-refractivity contribution >= 4 is 11.3 Å². The fourth-order valence-corrected chi connectivity index (χ4v) is 3.93. The van der Waals surface area contributed by atoms with Gasteiger partial charge in [0.15, 0.2) is 0 Å². The maximum atomic E-state index is 3.99. The zero-order valence-electron chi connectivity index (χ0n) is 9.28. The summed E-state index contributed by atoms with van der Waals surface area (Å²) in [5.41, 5.74) is 0.234. The third-order valence-corrected chi connectivity index (χ3v) is 5.07. The Morgan fingerprint density at radius 3 is 2.33 bits per heavy atom. The molecule has 0 radical (unpaired) electrons. The Hall–Kier alpha value is -0.820. The summed E-state index contributed by atoms with van der Waals surface area (Å²) < 4.78 is 0. The summed E-state index contributed by atoms with van der Waals surface area (Å²) >= 11 is 1.86. The quantitative estimate of drug-likeness (QED) is 0.659. The summed E-state index contributed by atoms with van der Waals surface area (Å²) in [6.45, 7) is 10.3. The number of allylic oxidation sites excluding steroid dienone is 2. The average molecular weight is 218 g/mol. The molecule has 0 N–H and O–H groups in total. The minimum absolute atomic E-state index is 0.234. The SMILES string of the molecule is C=C[C@@H]1CC[C@@H](C=C)C1(C)c1cccs1. The first-order valence-electron chi connectivity index (χ1n) is 5.52. The monoisotopic (exact) mass is 218 g/mol. The van der Waals surface area contributed by atoms with Crippen LogP contribution in [0.3, 0.4) is 0 Å². The molecule has 0 spiro atoms. The molecule has 1 aromatic rings. The Morgan fingerprint density at radius 2 is 1.93 bits per heavy atom. The van der Waals surface area contributed by atoms with Gasteiger partial charge in [0, 0.05) is 10.3 Å². The molecule has 1 heterocycles. The van der Waals surface area contributed by atoms with Crippen LogP contribution < -0.4 is 0 Å². The van der Waals surface area contributed by atoms with Crippen LogP contribution >= 0.6 is 11.3 Å². The van der Waals surface area contributed by atoms with E-state index < -0.39 is 0 Å². The molecule has 1 heteroatoms. The lowest BCUT2D eigenvalue weighted by Crippen LogP contribution is -2.30. The van der Waals surface area contributed by atoms with Gasteiger partial charge < -0.3 is 0 Å². The van der Waals surface area contributed by atoms with Gasteiger partial charge in [-0.1, -0.05) is 25.1 Å². The first kappa shape index (κ1) is 10.7. The Bertz CT molecular complexity index is 331. The van der Waals surface area contributed by atoms with E-state index in [2.05, 4.69) is 49.7 Å². The first-order valence-corrected chi connectivity index (χ1v) is 6.40. The van der Waals surface area contributed by atoms with Gasteiger partial charge in [-0.25, -0.2) is 0 Å². The second-order valence-electron chi connectivity index (χ2n) is 4.52. The van der Waals surface area contributed by atoms with E-state index in [0.29, 0.717) is 11.8 Å². The van der Waals surface area contributed by atoms with Crippen LogP contribution in [0.2, 0.25) is 0 Å². The zero-order valence-corrected chi connectivity index (χ0v) is 10.1. The lowest BCUT2D eigenvalue weighted by Gasteiger charge is -2.33. The molecular formula is C14H18S. The van der Waals surface area contributed by atoms with E-state index in [1.165, 1.54) is 17.7 Å². The van der Waals surface area contributed by atoms with Gasteiger partial charge in [0.25, 0.3) is 0 Å². The Morgan fingerprint density at radius 1 is 1.33 bits per heavy atom. The highest BCUT2D eigenvalue weighted by atomic mass is 32.1. The highest BCUT2D eigenvalue weighted by Gasteiger charge is 2.45. The molecule has 15 heavy (non-hydrogen) atoms. The smallest absolute Gasteiger partial charge is 0.0144 e. The summed E-state index contributed by atoms with van der Waals surface area (Å²) in [7, 11) is 0. The maximum absolute atomic E-state index is 3.99. The van der Waals surface area contributed by atoms with Gasteiger partial charge in [-0.05, 0) is 36.1 Å². The lowest BCUT2D eigenvalue weighted by molar-refractivity contribution is 0.355. The maximum Gasteiger partial charge on any atom is 0.0144 e. The minimum atomic E-state index is 0.234. The molecule has 0 bridgehead atoms. The van der Waals surface area contributed by atoms with Crippen molar-refractivity contribution < 1.29 is 0 Å². The predicted octanol–water partition coefficient (Wildman–Crippen LogP) is 4.40. The standard InChI is InChI=1S/C14H18S/c1-4-11-8-9-12(5-2)14(11,3)13-7-6-10-15-13/h4-7,10-12H,1-2,8-9H2,3H3/t11-,12-/m1/s1. The van der Waals surface area contributed by atoms with Crippen LogP contribution in [0.4, 0.5) is 0 Å². The first-order chi connectivity index (χ1) is 7.23. The highest BCUT2D eigenvalue weighted by molar-refractivity contribution is 7.10. The molecule has 0 amide bonds. The van der Waals surface area contributed by atoms with Crippen molar-refractivity contribution in [3.05, 3.63) is 47.7 Å². The third-order valence-electron chi connectivity index (χ3n) is 3.95. The largest absolute Gasteiger partial charge is 0.148 e. The van der Waals surface area contributed by atoms with Crippen LogP contribution in [0.25, 0.3) is 0 Å². The third kappa shape index (κ3) is 1.50. The molecule has 0 aliphatic heterocycles. The summed E-state index contributed by atoms with van der Waals surface area (Å²) in [6.07, 6.45) is 6.75. The number of thiophene rings is 1. The van der Waals surface area contributed by atoms with E-state index in [-0.39, 0.29) is 5.41 Å². The van der Waals surface area contributed by atoms with E-state index in [4.69, 9.17) is 0 Å². The van der Waals surface area contributed by atoms with Crippen molar-refractivity contribution in [2.75, 3.05) is 0 Å². The van der Waals surface area contributed by atoms with E-state index in [0.717, 1.165) is 0 Å². The highest BCUT2D eigenvalue weighted by Crippen LogP contribution is 2.51. The van der Waals surface area contributed by atoms with Crippen LogP contribution in [0.1, 0.15) is 24.6 Å². The van der Waals surface area contributed by atoms with Crippen molar-refractivity contribution in [2.24, 2.45) is 11.8 Å². The van der Waals surface area contributed by atoms with Gasteiger partial charge in [-0.2, -0.15) is 0 Å². The number of rotatable bonds is 3. The zero-order chi connectivity index (χ0) is 10.9. The number of hydrogen-bond donors (Lipinski definition) is 0. The van der Waals surface area contributed by atoms with E-state index in [9.17, 15) is 0 Å². The van der Waals surface area contributed by atoms with Gasteiger partial charge in [-0.15, -0.1) is 24.5 Å². The molecule has 0 saturated heterocycles. The Labute approximate surface area is 96.3 Å². The lowest BCUT2D eigenvalue weighted by atomic mass is 9.72. The van der Waals surface area contributed by atoms with Crippen molar-refractivity contribution in [1.29, 1.82) is 0 Å². The Balaban J connectivity index is 2.44. The second-order valence-corrected chi connectivity index (χ2v) is 5.47.